The molecule has 0 aliphatic carbocycles. The first kappa shape index (κ1) is 11.1. The van der Waals surface area contributed by atoms with Gasteiger partial charge in [0.25, 0.3) is 5.91 Å². The van der Waals surface area contributed by atoms with Gasteiger partial charge in [-0.2, -0.15) is 11.8 Å². The summed E-state index contributed by atoms with van der Waals surface area (Å²) in [6.45, 7) is 1.88. The van der Waals surface area contributed by atoms with Crippen LogP contribution in [-0.4, -0.2) is 30.5 Å². The summed E-state index contributed by atoms with van der Waals surface area (Å²) in [7, 11) is 0. The first-order valence-electron chi connectivity index (χ1n) is 5.20. The summed E-state index contributed by atoms with van der Waals surface area (Å²) in [4.78, 5) is 13.5. The molecule has 0 spiro atoms. The van der Waals surface area contributed by atoms with Gasteiger partial charge >= 0.3 is 0 Å². The van der Waals surface area contributed by atoms with Gasteiger partial charge in [0.1, 0.15) is 0 Å². The Labute approximate surface area is 99.0 Å². The number of carbonyl (C=O) groups excluding carboxylic acids is 1. The Kier molecular flexibility index (Phi) is 3.24. The monoisotopic (exact) mass is 237 g/mol. The summed E-state index contributed by atoms with van der Waals surface area (Å²) in [6, 6.07) is 5.24. The van der Waals surface area contributed by atoms with Crippen LogP contribution in [0.4, 0.5) is 11.4 Å². The zero-order valence-corrected chi connectivity index (χ0v) is 9.80. The highest BCUT2D eigenvalue weighted by atomic mass is 32.2. The normalized spacial score (nSPS) is 16.1. The average molecular weight is 237 g/mol. The summed E-state index contributed by atoms with van der Waals surface area (Å²) < 4.78 is 0. The van der Waals surface area contributed by atoms with Crippen LogP contribution in [0.15, 0.2) is 18.2 Å². The summed E-state index contributed by atoms with van der Waals surface area (Å²) in [5.74, 6) is 1.76. The number of hydrogen-bond donors (Lipinski definition) is 2. The standard InChI is InChI=1S/C11H15N3OS/c12-8-1-2-9(11(13)15)10(7-8)14-3-5-16-6-4-14/h1-2,7H,3-6,12H2,(H2,13,15). The number of nitrogen functional groups attached to an aromatic ring is 1. The first-order chi connectivity index (χ1) is 7.68. The van der Waals surface area contributed by atoms with Crippen molar-refractivity contribution in [1.82, 2.24) is 0 Å². The lowest BCUT2D eigenvalue weighted by atomic mass is 10.1. The number of carbonyl (C=O) groups is 1. The number of thioether (sulfide) groups is 1. The van der Waals surface area contributed by atoms with Crippen LogP contribution >= 0.6 is 11.8 Å². The average Bonchev–Trinajstić information content (AvgIpc) is 2.29. The quantitative estimate of drug-likeness (QED) is 0.750. The van der Waals surface area contributed by atoms with E-state index < -0.39 is 5.91 Å². The van der Waals surface area contributed by atoms with E-state index in [-0.39, 0.29) is 0 Å². The number of nitrogens with zero attached hydrogens (tertiary/aromatic N) is 1. The Balaban J connectivity index is 2.36. The first-order valence-corrected chi connectivity index (χ1v) is 6.36. The predicted octanol–water partition coefficient (Wildman–Crippen LogP) is 0.921. The van der Waals surface area contributed by atoms with Crippen molar-refractivity contribution in [3.8, 4) is 0 Å². The fourth-order valence-corrected chi connectivity index (χ4v) is 2.73. The second-order valence-corrected chi connectivity index (χ2v) is 4.97. The van der Waals surface area contributed by atoms with E-state index >= 15 is 0 Å². The van der Waals surface area contributed by atoms with Crippen molar-refractivity contribution < 1.29 is 4.79 Å². The van der Waals surface area contributed by atoms with Crippen LogP contribution in [-0.2, 0) is 0 Å². The minimum absolute atomic E-state index is 0.395. The molecule has 16 heavy (non-hydrogen) atoms. The minimum atomic E-state index is -0.395. The van der Waals surface area contributed by atoms with Gasteiger partial charge in [0.05, 0.1) is 11.3 Å². The molecule has 0 radical (unpaired) electrons. The minimum Gasteiger partial charge on any atom is -0.399 e. The second kappa shape index (κ2) is 4.65. The van der Waals surface area contributed by atoms with Gasteiger partial charge in [0.15, 0.2) is 0 Å². The molecule has 1 aliphatic rings. The molecule has 0 atom stereocenters. The van der Waals surface area contributed by atoms with Crippen molar-refractivity contribution >= 4 is 29.0 Å². The van der Waals surface area contributed by atoms with Crippen LogP contribution in [0.5, 0.6) is 0 Å². The van der Waals surface area contributed by atoms with Crippen LogP contribution < -0.4 is 16.4 Å². The molecule has 4 N–H and O–H groups in total. The van der Waals surface area contributed by atoms with E-state index in [1.165, 1.54) is 0 Å². The number of anilines is 2. The number of nitrogens with two attached hydrogens (primary N) is 2. The third kappa shape index (κ3) is 2.24. The molecule has 1 aliphatic heterocycles. The Hall–Kier alpha value is -1.36. The number of rotatable bonds is 2. The molecule has 0 bridgehead atoms. The topological polar surface area (TPSA) is 72.3 Å². The van der Waals surface area contributed by atoms with Gasteiger partial charge in [-0.15, -0.1) is 0 Å². The van der Waals surface area contributed by atoms with Gasteiger partial charge < -0.3 is 16.4 Å². The van der Waals surface area contributed by atoms with E-state index in [4.69, 9.17) is 11.5 Å². The van der Waals surface area contributed by atoms with Crippen molar-refractivity contribution in [3.63, 3.8) is 0 Å². The Morgan fingerprint density at radius 1 is 1.31 bits per heavy atom. The van der Waals surface area contributed by atoms with Crippen LogP contribution in [0, 0.1) is 0 Å². The SMILES string of the molecule is NC(=O)c1ccc(N)cc1N1CCSCC1. The molecule has 5 heteroatoms. The highest BCUT2D eigenvalue weighted by Crippen LogP contribution is 2.25. The van der Waals surface area contributed by atoms with Gasteiger partial charge in [-0.1, -0.05) is 0 Å². The van der Waals surface area contributed by atoms with Crippen molar-refractivity contribution in [2.75, 3.05) is 35.2 Å². The van der Waals surface area contributed by atoms with Crippen LogP contribution in [0.2, 0.25) is 0 Å². The van der Waals surface area contributed by atoms with Gasteiger partial charge in [-0.05, 0) is 18.2 Å². The lowest BCUT2D eigenvalue weighted by Crippen LogP contribution is -2.34. The molecule has 0 unspecified atom stereocenters. The highest BCUT2D eigenvalue weighted by Gasteiger charge is 2.17. The van der Waals surface area contributed by atoms with Gasteiger partial charge in [0.2, 0.25) is 0 Å². The number of benzene rings is 1. The fourth-order valence-electron chi connectivity index (χ4n) is 1.82. The summed E-state index contributed by atoms with van der Waals surface area (Å²) in [5.41, 5.74) is 13.2. The smallest absolute Gasteiger partial charge is 0.250 e. The Bertz CT molecular complexity index is 402. The zero-order chi connectivity index (χ0) is 11.5. The lowest BCUT2D eigenvalue weighted by Gasteiger charge is -2.30. The molecule has 1 amide bonds. The van der Waals surface area contributed by atoms with Crippen LogP contribution in [0.1, 0.15) is 10.4 Å². The molecule has 86 valence electrons. The molecule has 0 aromatic heterocycles. The molecular weight excluding hydrogens is 222 g/mol. The molecule has 0 saturated carbocycles. The Morgan fingerprint density at radius 3 is 2.62 bits per heavy atom. The molecule has 1 saturated heterocycles. The number of primary amides is 1. The highest BCUT2D eigenvalue weighted by molar-refractivity contribution is 7.99. The molecule has 2 rings (SSSR count). The molecular formula is C11H15N3OS. The second-order valence-electron chi connectivity index (χ2n) is 3.74. The van der Waals surface area contributed by atoms with Crippen LogP contribution in [0.25, 0.3) is 0 Å². The van der Waals surface area contributed by atoms with E-state index in [2.05, 4.69) is 4.90 Å². The molecule has 4 nitrogen and oxygen atoms in total. The molecule has 1 fully saturated rings. The molecule has 1 aromatic rings. The summed E-state index contributed by atoms with van der Waals surface area (Å²) in [6.07, 6.45) is 0. The van der Waals surface area contributed by atoms with E-state index in [0.29, 0.717) is 11.3 Å². The number of amides is 1. The van der Waals surface area contributed by atoms with Gasteiger partial charge in [-0.3, -0.25) is 4.79 Å². The maximum atomic E-state index is 11.3. The maximum Gasteiger partial charge on any atom is 0.250 e. The van der Waals surface area contributed by atoms with Crippen LogP contribution in [0.3, 0.4) is 0 Å². The van der Waals surface area contributed by atoms with Crippen molar-refractivity contribution in [1.29, 1.82) is 0 Å². The van der Waals surface area contributed by atoms with E-state index in [1.54, 1.807) is 12.1 Å². The van der Waals surface area contributed by atoms with Crippen molar-refractivity contribution in [2.45, 2.75) is 0 Å². The Morgan fingerprint density at radius 2 is 2.00 bits per heavy atom. The maximum absolute atomic E-state index is 11.3. The third-order valence-electron chi connectivity index (χ3n) is 2.64. The molecule has 1 heterocycles. The van der Waals surface area contributed by atoms with Gasteiger partial charge in [0, 0.05) is 30.3 Å². The van der Waals surface area contributed by atoms with Gasteiger partial charge in [-0.25, -0.2) is 0 Å². The van der Waals surface area contributed by atoms with E-state index in [0.717, 1.165) is 30.3 Å². The summed E-state index contributed by atoms with van der Waals surface area (Å²) >= 11 is 1.92. The fraction of sp³-hybridized carbons (Fsp3) is 0.364. The predicted molar refractivity (Wildman–Crippen MR) is 68.9 cm³/mol. The number of hydrogen-bond acceptors (Lipinski definition) is 4. The lowest BCUT2D eigenvalue weighted by molar-refractivity contribution is 0.100. The molecule has 1 aromatic carbocycles. The third-order valence-corrected chi connectivity index (χ3v) is 3.58. The van der Waals surface area contributed by atoms with Crippen molar-refractivity contribution in [3.05, 3.63) is 23.8 Å². The zero-order valence-electron chi connectivity index (χ0n) is 8.98. The van der Waals surface area contributed by atoms with E-state index in [9.17, 15) is 4.79 Å². The largest absolute Gasteiger partial charge is 0.399 e. The van der Waals surface area contributed by atoms with E-state index in [1.807, 2.05) is 17.8 Å². The van der Waals surface area contributed by atoms with Crippen molar-refractivity contribution in [2.24, 2.45) is 5.73 Å². The summed E-state index contributed by atoms with van der Waals surface area (Å²) in [5, 5.41) is 0.